The molecule has 0 saturated heterocycles. The van der Waals surface area contributed by atoms with Crippen molar-refractivity contribution < 1.29 is 4.74 Å². The second-order valence-corrected chi connectivity index (χ2v) is 6.53. The van der Waals surface area contributed by atoms with Gasteiger partial charge in [0.1, 0.15) is 11.8 Å². The van der Waals surface area contributed by atoms with E-state index in [2.05, 4.69) is 10.3 Å². The molecule has 0 bridgehead atoms. The van der Waals surface area contributed by atoms with Gasteiger partial charge in [0, 0.05) is 5.69 Å². The quantitative estimate of drug-likeness (QED) is 0.595. The number of aromatic nitrogens is 2. The molecule has 2 aromatic carbocycles. The summed E-state index contributed by atoms with van der Waals surface area (Å²) in [6.45, 7) is 2.51. The summed E-state index contributed by atoms with van der Waals surface area (Å²) in [7, 11) is 0. The number of rotatable bonds is 4. The normalized spacial score (nSPS) is 10.8. The standard InChI is InChI=1S/C19H14N4O2S/c1-2-25-13-9-7-12(8-10-13)21-17-14(11-20)18(24)23-15-5-3-4-6-16(15)26-19(23)22-17/h3-10,21H,2H2,1H3. The third-order valence-electron chi connectivity index (χ3n) is 3.90. The summed E-state index contributed by atoms with van der Waals surface area (Å²) < 4.78 is 7.85. The van der Waals surface area contributed by atoms with E-state index in [-0.39, 0.29) is 16.9 Å². The zero-order valence-electron chi connectivity index (χ0n) is 13.9. The van der Waals surface area contributed by atoms with Crippen LogP contribution in [-0.2, 0) is 0 Å². The zero-order valence-corrected chi connectivity index (χ0v) is 14.7. The molecule has 7 heteroatoms. The Morgan fingerprint density at radius 3 is 2.73 bits per heavy atom. The minimum absolute atomic E-state index is 0.0139. The predicted molar refractivity (Wildman–Crippen MR) is 102 cm³/mol. The smallest absolute Gasteiger partial charge is 0.279 e. The fourth-order valence-electron chi connectivity index (χ4n) is 2.74. The number of fused-ring (bicyclic) bond motifs is 3. The van der Waals surface area contributed by atoms with Gasteiger partial charge in [-0.05, 0) is 43.3 Å². The minimum atomic E-state index is -0.372. The van der Waals surface area contributed by atoms with Crippen molar-refractivity contribution in [2.75, 3.05) is 11.9 Å². The Balaban J connectivity index is 1.83. The molecule has 2 aromatic heterocycles. The van der Waals surface area contributed by atoms with Crippen molar-refractivity contribution in [2.24, 2.45) is 0 Å². The molecule has 0 aliphatic heterocycles. The van der Waals surface area contributed by atoms with Gasteiger partial charge in [-0.2, -0.15) is 5.26 Å². The number of anilines is 2. The number of nitrogens with one attached hydrogen (secondary N) is 1. The van der Waals surface area contributed by atoms with Crippen molar-refractivity contribution in [1.82, 2.24) is 9.38 Å². The fourth-order valence-corrected chi connectivity index (χ4v) is 3.75. The molecule has 2 heterocycles. The van der Waals surface area contributed by atoms with Gasteiger partial charge in [0.2, 0.25) is 0 Å². The molecule has 0 aliphatic carbocycles. The second kappa shape index (κ2) is 6.50. The van der Waals surface area contributed by atoms with Crippen LogP contribution in [0.25, 0.3) is 15.2 Å². The van der Waals surface area contributed by atoms with E-state index in [4.69, 9.17) is 4.74 Å². The lowest BCUT2D eigenvalue weighted by atomic mass is 10.2. The van der Waals surface area contributed by atoms with Crippen LogP contribution < -0.4 is 15.6 Å². The van der Waals surface area contributed by atoms with E-state index in [1.165, 1.54) is 15.7 Å². The van der Waals surface area contributed by atoms with Crippen LogP contribution in [0.3, 0.4) is 0 Å². The Labute approximate surface area is 152 Å². The lowest BCUT2D eigenvalue weighted by Crippen LogP contribution is -2.19. The zero-order chi connectivity index (χ0) is 18.1. The Bertz CT molecular complexity index is 1200. The summed E-state index contributed by atoms with van der Waals surface area (Å²) in [5, 5.41) is 12.6. The molecular formula is C19H14N4O2S. The van der Waals surface area contributed by atoms with Crippen molar-refractivity contribution >= 4 is 38.0 Å². The van der Waals surface area contributed by atoms with E-state index in [1.807, 2.05) is 61.5 Å². The summed E-state index contributed by atoms with van der Waals surface area (Å²) in [4.78, 5) is 17.9. The Hall–Kier alpha value is -3.37. The Morgan fingerprint density at radius 1 is 1.23 bits per heavy atom. The van der Waals surface area contributed by atoms with E-state index in [0.29, 0.717) is 11.6 Å². The maximum atomic E-state index is 12.8. The number of ether oxygens (including phenoxy) is 1. The van der Waals surface area contributed by atoms with Crippen LogP contribution in [-0.4, -0.2) is 16.0 Å². The van der Waals surface area contributed by atoms with Crippen LogP contribution >= 0.6 is 11.3 Å². The number of thiazole rings is 1. The monoisotopic (exact) mass is 362 g/mol. The molecule has 128 valence electrons. The molecule has 0 saturated carbocycles. The van der Waals surface area contributed by atoms with Crippen molar-refractivity contribution in [3.05, 3.63) is 64.4 Å². The van der Waals surface area contributed by atoms with Crippen molar-refractivity contribution in [1.29, 1.82) is 5.26 Å². The first-order valence-electron chi connectivity index (χ1n) is 8.05. The van der Waals surface area contributed by atoms with Gasteiger partial charge in [-0.15, -0.1) is 0 Å². The Morgan fingerprint density at radius 2 is 2.00 bits per heavy atom. The maximum Gasteiger partial charge on any atom is 0.279 e. The first kappa shape index (κ1) is 16.1. The highest BCUT2D eigenvalue weighted by Crippen LogP contribution is 2.26. The van der Waals surface area contributed by atoms with E-state index < -0.39 is 0 Å². The number of nitriles is 1. The van der Waals surface area contributed by atoms with Crippen molar-refractivity contribution in [3.63, 3.8) is 0 Å². The molecule has 0 atom stereocenters. The number of para-hydroxylation sites is 1. The fraction of sp³-hybridized carbons (Fsp3) is 0.105. The summed E-state index contributed by atoms with van der Waals surface area (Å²) in [5.74, 6) is 1.01. The van der Waals surface area contributed by atoms with Crippen molar-refractivity contribution in [2.45, 2.75) is 6.92 Å². The molecule has 1 N–H and O–H groups in total. The predicted octanol–water partition coefficient (Wildman–Crippen LogP) is 3.92. The van der Waals surface area contributed by atoms with E-state index in [9.17, 15) is 10.1 Å². The van der Waals surface area contributed by atoms with Crippen LogP contribution in [0.1, 0.15) is 12.5 Å². The lowest BCUT2D eigenvalue weighted by molar-refractivity contribution is 0.340. The van der Waals surface area contributed by atoms with Crippen LogP contribution in [0.4, 0.5) is 11.5 Å². The summed E-state index contributed by atoms with van der Waals surface area (Å²) in [5.41, 5.74) is 1.10. The molecule has 0 spiro atoms. The first-order chi connectivity index (χ1) is 12.7. The SMILES string of the molecule is CCOc1ccc(Nc2nc3sc4ccccc4n3c(=O)c2C#N)cc1. The topological polar surface area (TPSA) is 79.4 Å². The molecule has 0 fully saturated rings. The van der Waals surface area contributed by atoms with Gasteiger partial charge in [0.15, 0.2) is 16.3 Å². The molecule has 6 nitrogen and oxygen atoms in total. The maximum absolute atomic E-state index is 12.8. The van der Waals surface area contributed by atoms with Crippen molar-refractivity contribution in [3.8, 4) is 11.8 Å². The van der Waals surface area contributed by atoms with Crippen LogP contribution in [0, 0.1) is 11.3 Å². The summed E-state index contributed by atoms with van der Waals surface area (Å²) >= 11 is 1.41. The lowest BCUT2D eigenvalue weighted by Gasteiger charge is -2.09. The molecule has 0 unspecified atom stereocenters. The van der Waals surface area contributed by atoms with Crippen LogP contribution in [0.2, 0.25) is 0 Å². The largest absolute Gasteiger partial charge is 0.494 e. The van der Waals surface area contributed by atoms with Gasteiger partial charge in [-0.25, -0.2) is 9.38 Å². The number of hydrogen-bond donors (Lipinski definition) is 1. The van der Waals surface area contributed by atoms with Crippen LogP contribution in [0.15, 0.2) is 53.3 Å². The van der Waals surface area contributed by atoms with Crippen LogP contribution in [0.5, 0.6) is 5.75 Å². The first-order valence-corrected chi connectivity index (χ1v) is 8.87. The van der Waals surface area contributed by atoms with Gasteiger partial charge in [-0.1, -0.05) is 23.5 Å². The molecule has 0 radical (unpaired) electrons. The average Bonchev–Trinajstić information content (AvgIpc) is 3.02. The van der Waals surface area contributed by atoms with E-state index in [0.717, 1.165) is 21.7 Å². The average molecular weight is 362 g/mol. The van der Waals surface area contributed by atoms with Gasteiger partial charge in [-0.3, -0.25) is 4.79 Å². The minimum Gasteiger partial charge on any atom is -0.494 e. The molecule has 26 heavy (non-hydrogen) atoms. The second-order valence-electron chi connectivity index (χ2n) is 5.52. The summed E-state index contributed by atoms with van der Waals surface area (Å²) in [6.07, 6.45) is 0. The summed E-state index contributed by atoms with van der Waals surface area (Å²) in [6, 6.07) is 16.8. The molecule has 4 rings (SSSR count). The molecular weight excluding hydrogens is 348 g/mol. The molecule has 0 amide bonds. The van der Waals surface area contributed by atoms with Gasteiger partial charge < -0.3 is 10.1 Å². The van der Waals surface area contributed by atoms with Gasteiger partial charge in [0.05, 0.1) is 16.8 Å². The molecule has 0 aliphatic rings. The van der Waals surface area contributed by atoms with Gasteiger partial charge in [0.25, 0.3) is 5.56 Å². The number of benzene rings is 2. The molecule has 4 aromatic rings. The third-order valence-corrected chi connectivity index (χ3v) is 4.92. The van der Waals surface area contributed by atoms with Gasteiger partial charge >= 0.3 is 0 Å². The highest BCUT2D eigenvalue weighted by Gasteiger charge is 2.16. The number of nitrogens with zero attached hydrogens (tertiary/aromatic N) is 3. The highest BCUT2D eigenvalue weighted by molar-refractivity contribution is 7.23. The third kappa shape index (κ3) is 2.66. The number of hydrogen-bond acceptors (Lipinski definition) is 6. The Kier molecular flexibility index (Phi) is 4.03. The van der Waals surface area contributed by atoms with E-state index >= 15 is 0 Å². The highest BCUT2D eigenvalue weighted by atomic mass is 32.1. The van der Waals surface area contributed by atoms with E-state index in [1.54, 1.807) is 0 Å².